The van der Waals surface area contributed by atoms with Crippen LogP contribution in [0.5, 0.6) is 5.75 Å². The molecule has 2 aromatic carbocycles. The van der Waals surface area contributed by atoms with Crippen LogP contribution in [0.4, 0.5) is 0 Å². The van der Waals surface area contributed by atoms with Crippen LogP contribution >= 0.6 is 11.3 Å². The van der Waals surface area contributed by atoms with E-state index in [1.54, 1.807) is 31.2 Å². The number of benzene rings is 2. The third-order valence-electron chi connectivity index (χ3n) is 5.11. The highest BCUT2D eigenvalue weighted by molar-refractivity contribution is 7.07. The van der Waals surface area contributed by atoms with Gasteiger partial charge < -0.3 is 9.47 Å². The Labute approximate surface area is 199 Å². The van der Waals surface area contributed by atoms with Gasteiger partial charge in [-0.25, -0.2) is 9.79 Å². The molecule has 1 aliphatic rings. The summed E-state index contributed by atoms with van der Waals surface area (Å²) in [6, 6.07) is 15.5. The lowest BCUT2D eigenvalue weighted by atomic mass is 9.96. The lowest BCUT2D eigenvalue weighted by Gasteiger charge is -2.24. The average Bonchev–Trinajstić information content (AvgIpc) is 3.11. The molecule has 34 heavy (non-hydrogen) atoms. The number of hydrogen-bond acceptors (Lipinski definition) is 7. The van der Waals surface area contributed by atoms with Crippen molar-refractivity contribution in [2.24, 2.45) is 4.99 Å². The van der Waals surface area contributed by atoms with Gasteiger partial charge in [-0.2, -0.15) is 0 Å². The van der Waals surface area contributed by atoms with E-state index in [2.05, 4.69) is 11.6 Å². The van der Waals surface area contributed by atoms with Crippen LogP contribution in [-0.4, -0.2) is 23.1 Å². The van der Waals surface area contributed by atoms with Crippen LogP contribution in [0.1, 0.15) is 31.0 Å². The molecule has 0 saturated carbocycles. The second-order valence-electron chi connectivity index (χ2n) is 7.55. The summed E-state index contributed by atoms with van der Waals surface area (Å²) in [5.41, 5.74) is 1.99. The first-order valence-corrected chi connectivity index (χ1v) is 11.3. The second kappa shape index (κ2) is 9.84. The quantitative estimate of drug-likeness (QED) is 0.312. The minimum atomic E-state index is -0.677. The Kier molecular flexibility index (Phi) is 6.70. The van der Waals surface area contributed by atoms with Gasteiger partial charge in [-0.1, -0.05) is 66.5 Å². The van der Waals surface area contributed by atoms with Gasteiger partial charge in [0, 0.05) is 6.92 Å². The Morgan fingerprint density at radius 1 is 1.18 bits per heavy atom. The number of aromatic nitrogens is 1. The highest BCUT2D eigenvalue weighted by Gasteiger charge is 2.33. The van der Waals surface area contributed by atoms with E-state index in [1.165, 1.54) is 28.9 Å². The second-order valence-corrected chi connectivity index (χ2v) is 8.55. The molecule has 0 amide bonds. The zero-order valence-corrected chi connectivity index (χ0v) is 19.5. The van der Waals surface area contributed by atoms with Gasteiger partial charge in [0.05, 0.1) is 21.8 Å². The van der Waals surface area contributed by atoms with Crippen molar-refractivity contribution in [1.29, 1.82) is 0 Å². The zero-order chi connectivity index (χ0) is 24.2. The Morgan fingerprint density at radius 3 is 2.65 bits per heavy atom. The van der Waals surface area contributed by atoms with Crippen LogP contribution in [0.25, 0.3) is 6.08 Å². The number of carbonyl (C=O) groups excluding carboxylic acids is 2. The standard InChI is InChI=1S/C26H22N2O5S/c1-4-13-32-25(31)22-16(2)27-26-28(23(22)19-10-6-5-7-11-19)24(30)21(34-26)15-18-9-8-12-20(14-18)33-17(3)29/h4-12,14-15,23H,1,13H2,2-3H3/b21-15-/t23-/m1/s1. The molecule has 1 aromatic heterocycles. The maximum atomic E-state index is 13.6. The molecule has 172 valence electrons. The minimum Gasteiger partial charge on any atom is -0.458 e. The number of hydrogen-bond donors (Lipinski definition) is 0. The van der Waals surface area contributed by atoms with Crippen LogP contribution < -0.4 is 19.6 Å². The Balaban J connectivity index is 1.88. The number of esters is 2. The molecule has 2 heterocycles. The van der Waals surface area contributed by atoms with Crippen molar-refractivity contribution in [2.45, 2.75) is 19.9 Å². The fourth-order valence-electron chi connectivity index (χ4n) is 3.73. The first-order chi connectivity index (χ1) is 16.4. The molecule has 0 saturated heterocycles. The number of fused-ring (bicyclic) bond motifs is 1. The first-order valence-electron chi connectivity index (χ1n) is 10.5. The predicted molar refractivity (Wildman–Crippen MR) is 129 cm³/mol. The average molecular weight is 475 g/mol. The van der Waals surface area contributed by atoms with Gasteiger partial charge in [-0.15, -0.1) is 0 Å². The summed E-state index contributed by atoms with van der Waals surface area (Å²) in [6.45, 7) is 6.71. The normalized spacial score (nSPS) is 15.4. The molecule has 0 fully saturated rings. The van der Waals surface area contributed by atoms with E-state index in [0.717, 1.165) is 5.56 Å². The van der Waals surface area contributed by atoms with E-state index in [4.69, 9.17) is 9.47 Å². The summed E-state index contributed by atoms with van der Waals surface area (Å²) in [6.07, 6.45) is 3.21. The van der Waals surface area contributed by atoms with E-state index in [9.17, 15) is 14.4 Å². The summed E-state index contributed by atoms with van der Waals surface area (Å²) in [4.78, 5) is 42.8. The highest BCUT2D eigenvalue weighted by Crippen LogP contribution is 2.30. The van der Waals surface area contributed by atoms with Gasteiger partial charge >= 0.3 is 11.9 Å². The van der Waals surface area contributed by atoms with Gasteiger partial charge in [-0.3, -0.25) is 14.2 Å². The molecule has 0 unspecified atom stereocenters. The number of allylic oxidation sites excluding steroid dienone is 1. The van der Waals surface area contributed by atoms with Crippen LogP contribution in [0.3, 0.4) is 0 Å². The number of ether oxygens (including phenoxy) is 2. The molecular formula is C26H22N2O5S. The number of rotatable bonds is 6. The lowest BCUT2D eigenvalue weighted by Crippen LogP contribution is -2.39. The molecule has 0 aliphatic carbocycles. The monoisotopic (exact) mass is 474 g/mol. The van der Waals surface area contributed by atoms with Crippen molar-refractivity contribution >= 4 is 29.4 Å². The molecular weight excluding hydrogens is 452 g/mol. The Hall–Kier alpha value is -4.04. The summed E-state index contributed by atoms with van der Waals surface area (Å²) in [5.74, 6) is -0.580. The Morgan fingerprint density at radius 2 is 1.94 bits per heavy atom. The third-order valence-corrected chi connectivity index (χ3v) is 6.09. The van der Waals surface area contributed by atoms with Gasteiger partial charge in [0.25, 0.3) is 5.56 Å². The van der Waals surface area contributed by atoms with Crippen molar-refractivity contribution in [3.8, 4) is 5.75 Å². The van der Waals surface area contributed by atoms with Gasteiger partial charge in [0.1, 0.15) is 12.4 Å². The van der Waals surface area contributed by atoms with Crippen molar-refractivity contribution in [2.75, 3.05) is 6.61 Å². The van der Waals surface area contributed by atoms with Crippen LogP contribution in [0, 0.1) is 0 Å². The van der Waals surface area contributed by atoms with Crippen molar-refractivity contribution in [3.63, 3.8) is 0 Å². The fourth-order valence-corrected chi connectivity index (χ4v) is 4.78. The summed E-state index contributed by atoms with van der Waals surface area (Å²) < 4.78 is 12.4. The number of carbonyl (C=O) groups is 2. The van der Waals surface area contributed by atoms with Gasteiger partial charge in [-0.05, 0) is 36.3 Å². The van der Waals surface area contributed by atoms with Gasteiger partial charge in [0.15, 0.2) is 4.80 Å². The minimum absolute atomic E-state index is 0.0558. The summed E-state index contributed by atoms with van der Waals surface area (Å²) >= 11 is 1.23. The van der Waals surface area contributed by atoms with Crippen molar-refractivity contribution < 1.29 is 19.1 Å². The number of nitrogens with zero attached hydrogens (tertiary/aromatic N) is 2. The molecule has 0 radical (unpaired) electrons. The van der Waals surface area contributed by atoms with Crippen molar-refractivity contribution in [1.82, 2.24) is 4.57 Å². The molecule has 0 bridgehead atoms. The molecule has 4 rings (SSSR count). The topological polar surface area (TPSA) is 87.0 Å². The smallest absolute Gasteiger partial charge is 0.338 e. The SMILES string of the molecule is C=CCOC(=O)C1=C(C)N=c2s/c(=C\c3cccc(OC(C)=O)c3)c(=O)n2[C@@H]1c1ccccc1. The predicted octanol–water partition coefficient (Wildman–Crippen LogP) is 2.89. The zero-order valence-electron chi connectivity index (χ0n) is 18.7. The van der Waals surface area contributed by atoms with Crippen LogP contribution in [-0.2, 0) is 14.3 Å². The summed E-state index contributed by atoms with van der Waals surface area (Å²) in [5, 5.41) is 0. The lowest BCUT2D eigenvalue weighted by molar-refractivity contribution is -0.138. The molecule has 7 nitrogen and oxygen atoms in total. The van der Waals surface area contributed by atoms with Crippen LogP contribution in [0.2, 0.25) is 0 Å². The van der Waals surface area contributed by atoms with Crippen LogP contribution in [0.15, 0.2) is 88.3 Å². The van der Waals surface area contributed by atoms with E-state index >= 15 is 0 Å². The van der Waals surface area contributed by atoms with E-state index in [1.807, 2.05) is 36.4 Å². The number of thiazole rings is 1. The third kappa shape index (κ3) is 4.67. The van der Waals surface area contributed by atoms with E-state index in [0.29, 0.717) is 31.9 Å². The van der Waals surface area contributed by atoms with Crippen molar-refractivity contribution in [3.05, 3.63) is 109 Å². The summed E-state index contributed by atoms with van der Waals surface area (Å²) in [7, 11) is 0. The maximum absolute atomic E-state index is 13.6. The maximum Gasteiger partial charge on any atom is 0.338 e. The van der Waals surface area contributed by atoms with E-state index in [-0.39, 0.29) is 12.2 Å². The molecule has 0 spiro atoms. The highest BCUT2D eigenvalue weighted by atomic mass is 32.1. The van der Waals surface area contributed by atoms with E-state index < -0.39 is 18.0 Å². The molecule has 0 N–H and O–H groups in total. The molecule has 1 aliphatic heterocycles. The largest absolute Gasteiger partial charge is 0.458 e. The first kappa shape index (κ1) is 23.1. The fraction of sp³-hybridized carbons (Fsp3) is 0.154. The molecule has 8 heteroatoms. The molecule has 1 atom stereocenters. The molecule has 3 aromatic rings. The van der Waals surface area contributed by atoms with Gasteiger partial charge in [0.2, 0.25) is 0 Å². The Bertz CT molecular complexity index is 1480.